The Bertz CT molecular complexity index is 617. The van der Waals surface area contributed by atoms with E-state index in [1.54, 1.807) is 30.3 Å². The predicted octanol–water partition coefficient (Wildman–Crippen LogP) is 1.20. The topological polar surface area (TPSA) is 112 Å². The second-order valence-corrected chi connectivity index (χ2v) is 4.75. The van der Waals surface area contributed by atoms with Gasteiger partial charge in [-0.3, -0.25) is 9.59 Å². The van der Waals surface area contributed by atoms with Crippen molar-refractivity contribution in [3.63, 3.8) is 0 Å². The van der Waals surface area contributed by atoms with E-state index in [2.05, 4.69) is 0 Å². The highest BCUT2D eigenvalue weighted by atomic mass is 32.1. The number of carbonyl (C=O) groups is 2. The molecule has 0 saturated heterocycles. The van der Waals surface area contributed by atoms with Gasteiger partial charge in [0, 0.05) is 10.4 Å². The van der Waals surface area contributed by atoms with Crippen molar-refractivity contribution in [2.45, 2.75) is 0 Å². The Kier molecular flexibility index (Phi) is 3.03. The number of nitrogen functional groups attached to an aromatic ring is 1. The highest BCUT2D eigenvalue weighted by Gasteiger charge is 2.12. The SMILES string of the molecule is NC(=O)c1ccc(-c2cc(N)c(C(N)=O)s2)cc1. The quantitative estimate of drug-likeness (QED) is 0.771. The van der Waals surface area contributed by atoms with Crippen LogP contribution in [0.1, 0.15) is 20.0 Å². The van der Waals surface area contributed by atoms with E-state index in [1.165, 1.54) is 11.3 Å². The van der Waals surface area contributed by atoms with Crippen LogP contribution in [0.4, 0.5) is 5.69 Å². The predicted molar refractivity (Wildman–Crippen MR) is 71.2 cm³/mol. The average Bonchev–Trinajstić information content (AvgIpc) is 2.71. The Balaban J connectivity index is 2.40. The van der Waals surface area contributed by atoms with Crippen molar-refractivity contribution in [1.82, 2.24) is 0 Å². The molecule has 0 radical (unpaired) electrons. The number of carbonyl (C=O) groups excluding carboxylic acids is 2. The van der Waals surface area contributed by atoms with Crippen molar-refractivity contribution < 1.29 is 9.59 Å². The van der Waals surface area contributed by atoms with E-state index >= 15 is 0 Å². The first kappa shape index (κ1) is 12.1. The largest absolute Gasteiger partial charge is 0.397 e. The molecule has 92 valence electrons. The van der Waals surface area contributed by atoms with Crippen LogP contribution in [0.25, 0.3) is 10.4 Å². The van der Waals surface area contributed by atoms with Crippen LogP contribution < -0.4 is 17.2 Å². The minimum atomic E-state index is -0.544. The fourth-order valence-corrected chi connectivity index (χ4v) is 2.48. The summed E-state index contributed by atoms with van der Waals surface area (Å²) in [6.07, 6.45) is 0. The van der Waals surface area contributed by atoms with Crippen LogP contribution in [0.15, 0.2) is 30.3 Å². The Morgan fingerprint density at radius 1 is 1.00 bits per heavy atom. The Morgan fingerprint density at radius 3 is 2.06 bits per heavy atom. The van der Waals surface area contributed by atoms with Crippen LogP contribution in [0, 0.1) is 0 Å². The van der Waals surface area contributed by atoms with Gasteiger partial charge in [-0.15, -0.1) is 11.3 Å². The maximum absolute atomic E-state index is 11.1. The smallest absolute Gasteiger partial charge is 0.260 e. The standard InChI is InChI=1S/C12H11N3O2S/c13-8-5-9(18-10(8)12(15)17)6-1-3-7(4-2-6)11(14)16/h1-5H,13H2,(H2,14,16)(H2,15,17). The molecule has 18 heavy (non-hydrogen) atoms. The number of hydrogen-bond acceptors (Lipinski definition) is 4. The zero-order valence-corrected chi connectivity index (χ0v) is 10.2. The lowest BCUT2D eigenvalue weighted by Crippen LogP contribution is -2.10. The number of primary amides is 2. The molecular formula is C12H11N3O2S. The lowest BCUT2D eigenvalue weighted by atomic mass is 10.1. The molecule has 0 fully saturated rings. The first-order valence-corrected chi connectivity index (χ1v) is 5.90. The molecule has 1 heterocycles. The van der Waals surface area contributed by atoms with Gasteiger partial charge in [-0.2, -0.15) is 0 Å². The molecule has 1 aromatic heterocycles. The van der Waals surface area contributed by atoms with Crippen molar-refractivity contribution in [2.75, 3.05) is 5.73 Å². The zero-order valence-electron chi connectivity index (χ0n) is 9.34. The summed E-state index contributed by atoms with van der Waals surface area (Å²) >= 11 is 1.22. The molecule has 0 aliphatic carbocycles. The Labute approximate surface area is 107 Å². The second-order valence-electron chi connectivity index (χ2n) is 3.70. The van der Waals surface area contributed by atoms with Gasteiger partial charge in [0.15, 0.2) is 0 Å². The minimum Gasteiger partial charge on any atom is -0.397 e. The molecule has 2 amide bonds. The monoisotopic (exact) mass is 261 g/mol. The van der Waals surface area contributed by atoms with Gasteiger partial charge in [0.25, 0.3) is 5.91 Å². The van der Waals surface area contributed by atoms with Crippen LogP contribution >= 0.6 is 11.3 Å². The van der Waals surface area contributed by atoms with Gasteiger partial charge in [-0.05, 0) is 23.8 Å². The molecule has 6 heteroatoms. The maximum atomic E-state index is 11.1. The van der Waals surface area contributed by atoms with E-state index in [1.807, 2.05) is 0 Å². The van der Waals surface area contributed by atoms with Gasteiger partial charge in [-0.1, -0.05) is 12.1 Å². The van der Waals surface area contributed by atoms with Crippen molar-refractivity contribution in [2.24, 2.45) is 11.5 Å². The first-order chi connectivity index (χ1) is 8.49. The number of amides is 2. The van der Waals surface area contributed by atoms with Crippen molar-refractivity contribution in [3.05, 3.63) is 40.8 Å². The number of anilines is 1. The highest BCUT2D eigenvalue weighted by molar-refractivity contribution is 7.18. The lowest BCUT2D eigenvalue weighted by Gasteiger charge is -1.98. The van der Waals surface area contributed by atoms with E-state index in [0.717, 1.165) is 10.4 Å². The van der Waals surface area contributed by atoms with Gasteiger partial charge in [0.05, 0.1) is 5.69 Å². The van der Waals surface area contributed by atoms with Crippen molar-refractivity contribution in [3.8, 4) is 10.4 Å². The molecular weight excluding hydrogens is 250 g/mol. The molecule has 5 nitrogen and oxygen atoms in total. The second kappa shape index (κ2) is 4.50. The van der Waals surface area contributed by atoms with Crippen LogP contribution in [0.5, 0.6) is 0 Å². The van der Waals surface area contributed by atoms with Crippen molar-refractivity contribution in [1.29, 1.82) is 0 Å². The highest BCUT2D eigenvalue weighted by Crippen LogP contribution is 2.32. The normalized spacial score (nSPS) is 10.2. The molecule has 0 saturated carbocycles. The molecule has 0 aliphatic heterocycles. The van der Waals surface area contributed by atoms with Gasteiger partial charge >= 0.3 is 0 Å². The van der Waals surface area contributed by atoms with Crippen LogP contribution in [0.3, 0.4) is 0 Å². The zero-order chi connectivity index (χ0) is 13.3. The Hall–Kier alpha value is -2.34. The number of hydrogen-bond donors (Lipinski definition) is 3. The van der Waals surface area contributed by atoms with E-state index < -0.39 is 11.8 Å². The van der Waals surface area contributed by atoms with E-state index in [4.69, 9.17) is 17.2 Å². The third-order valence-electron chi connectivity index (χ3n) is 2.44. The summed E-state index contributed by atoms with van der Waals surface area (Å²) in [6, 6.07) is 8.42. The maximum Gasteiger partial charge on any atom is 0.260 e. The molecule has 1 aromatic carbocycles. The summed E-state index contributed by atoms with van der Waals surface area (Å²) < 4.78 is 0. The third kappa shape index (κ3) is 2.18. The fourth-order valence-electron chi connectivity index (χ4n) is 1.54. The summed E-state index contributed by atoms with van der Waals surface area (Å²) in [6.45, 7) is 0. The number of benzene rings is 1. The van der Waals surface area contributed by atoms with Crippen molar-refractivity contribution >= 4 is 28.8 Å². The third-order valence-corrected chi connectivity index (χ3v) is 3.65. The van der Waals surface area contributed by atoms with E-state index in [0.29, 0.717) is 16.1 Å². The molecule has 0 aliphatic rings. The van der Waals surface area contributed by atoms with Gasteiger partial charge in [-0.25, -0.2) is 0 Å². The first-order valence-electron chi connectivity index (χ1n) is 5.08. The van der Waals surface area contributed by atoms with Gasteiger partial charge in [0.2, 0.25) is 5.91 Å². The number of thiophene rings is 1. The molecule has 0 spiro atoms. The molecule has 2 rings (SSSR count). The molecule has 0 bridgehead atoms. The summed E-state index contributed by atoms with van der Waals surface area (Å²) in [5.74, 6) is -1.03. The van der Waals surface area contributed by atoms with Gasteiger partial charge < -0.3 is 17.2 Å². The molecule has 2 aromatic rings. The Morgan fingerprint density at radius 2 is 1.61 bits per heavy atom. The summed E-state index contributed by atoms with van der Waals surface area (Å²) in [5, 5.41) is 0. The molecule has 6 N–H and O–H groups in total. The number of nitrogens with two attached hydrogens (primary N) is 3. The number of rotatable bonds is 3. The van der Waals surface area contributed by atoms with Crippen LogP contribution in [-0.2, 0) is 0 Å². The van der Waals surface area contributed by atoms with Gasteiger partial charge in [0.1, 0.15) is 4.88 Å². The average molecular weight is 261 g/mol. The van der Waals surface area contributed by atoms with Crippen LogP contribution in [0.2, 0.25) is 0 Å². The van der Waals surface area contributed by atoms with Crippen LogP contribution in [-0.4, -0.2) is 11.8 Å². The fraction of sp³-hybridized carbons (Fsp3) is 0. The minimum absolute atomic E-state index is 0.337. The summed E-state index contributed by atoms with van der Waals surface area (Å²) in [4.78, 5) is 23.2. The molecule has 0 atom stereocenters. The molecule has 0 unspecified atom stereocenters. The van der Waals surface area contributed by atoms with E-state index in [-0.39, 0.29) is 0 Å². The van der Waals surface area contributed by atoms with E-state index in [9.17, 15) is 9.59 Å². The summed E-state index contributed by atoms with van der Waals surface area (Å²) in [5.41, 5.74) is 17.7. The summed E-state index contributed by atoms with van der Waals surface area (Å²) in [7, 11) is 0. The lowest BCUT2D eigenvalue weighted by molar-refractivity contribution is 0.0993.